The van der Waals surface area contributed by atoms with Gasteiger partial charge in [-0.15, -0.1) is 0 Å². The summed E-state index contributed by atoms with van der Waals surface area (Å²) in [6.07, 6.45) is 2.87. The topological polar surface area (TPSA) is 132 Å². The highest BCUT2D eigenvalue weighted by molar-refractivity contribution is 5.92. The summed E-state index contributed by atoms with van der Waals surface area (Å²) in [5.74, 6) is 1.01. The van der Waals surface area contributed by atoms with Crippen molar-refractivity contribution in [2.45, 2.75) is 51.8 Å². The largest absolute Gasteiger partial charge is 0.377 e. The molecular formula is C17H23N5O5. The Hall–Kier alpha value is -2.75. The lowest BCUT2D eigenvalue weighted by Gasteiger charge is -2.28. The maximum absolute atomic E-state index is 12.3. The molecule has 3 rings (SSSR count). The molecule has 2 aromatic heterocycles. The molecule has 0 radical (unpaired) electrons. The summed E-state index contributed by atoms with van der Waals surface area (Å²) in [6, 6.07) is 1.63. The van der Waals surface area contributed by atoms with Crippen LogP contribution in [0.15, 0.2) is 15.1 Å². The molecule has 1 aliphatic carbocycles. The van der Waals surface area contributed by atoms with E-state index >= 15 is 0 Å². The number of amides is 2. The van der Waals surface area contributed by atoms with Crippen molar-refractivity contribution in [3.63, 3.8) is 0 Å². The smallest absolute Gasteiger partial charge is 0.273 e. The fraction of sp³-hybridized carbons (Fsp3) is 0.588. The van der Waals surface area contributed by atoms with Crippen LogP contribution in [0.1, 0.15) is 53.6 Å². The number of nitrogens with one attached hydrogen (secondary N) is 2. The van der Waals surface area contributed by atoms with E-state index in [1.165, 1.54) is 0 Å². The Morgan fingerprint density at radius 3 is 2.67 bits per heavy atom. The van der Waals surface area contributed by atoms with Crippen LogP contribution in [0.5, 0.6) is 0 Å². The van der Waals surface area contributed by atoms with Gasteiger partial charge in [0.15, 0.2) is 11.5 Å². The molecule has 146 valence electrons. The maximum atomic E-state index is 12.3. The van der Waals surface area contributed by atoms with Gasteiger partial charge in [-0.3, -0.25) is 9.59 Å². The molecule has 1 fully saturated rings. The van der Waals surface area contributed by atoms with E-state index in [2.05, 4.69) is 25.9 Å². The highest BCUT2D eigenvalue weighted by atomic mass is 16.5. The number of carbonyl (C=O) groups is 2. The molecule has 10 nitrogen and oxygen atoms in total. The molecule has 1 aliphatic rings. The third-order valence-electron chi connectivity index (χ3n) is 4.49. The van der Waals surface area contributed by atoms with E-state index in [1.54, 1.807) is 20.1 Å². The van der Waals surface area contributed by atoms with Crippen molar-refractivity contribution in [2.75, 3.05) is 7.11 Å². The van der Waals surface area contributed by atoms with Crippen LogP contribution in [-0.4, -0.2) is 40.3 Å². The second-order valence-electron chi connectivity index (χ2n) is 6.60. The monoisotopic (exact) mass is 377 g/mol. The number of hydrogen-bond donors (Lipinski definition) is 2. The quantitative estimate of drug-likeness (QED) is 0.733. The van der Waals surface area contributed by atoms with E-state index in [0.29, 0.717) is 30.3 Å². The van der Waals surface area contributed by atoms with Crippen LogP contribution in [0.3, 0.4) is 0 Å². The van der Waals surface area contributed by atoms with Gasteiger partial charge in [0.25, 0.3) is 5.91 Å². The lowest BCUT2D eigenvalue weighted by atomic mass is 9.85. The third kappa shape index (κ3) is 5.13. The number of hydrogen-bond acceptors (Lipinski definition) is 8. The van der Waals surface area contributed by atoms with Crippen molar-refractivity contribution in [3.8, 4) is 0 Å². The van der Waals surface area contributed by atoms with Gasteiger partial charge in [0.1, 0.15) is 12.4 Å². The van der Waals surface area contributed by atoms with Crippen molar-refractivity contribution in [2.24, 2.45) is 5.92 Å². The molecule has 2 N–H and O–H groups in total. The van der Waals surface area contributed by atoms with Crippen molar-refractivity contribution in [3.05, 3.63) is 29.2 Å². The van der Waals surface area contributed by atoms with E-state index in [-0.39, 0.29) is 42.6 Å². The second kappa shape index (κ2) is 8.76. The van der Waals surface area contributed by atoms with Crippen molar-refractivity contribution < 1.29 is 23.4 Å². The molecule has 0 atom stereocenters. The van der Waals surface area contributed by atoms with Crippen LogP contribution < -0.4 is 10.6 Å². The van der Waals surface area contributed by atoms with Gasteiger partial charge in [-0.1, -0.05) is 10.3 Å². The molecule has 27 heavy (non-hydrogen) atoms. The summed E-state index contributed by atoms with van der Waals surface area (Å²) < 4.78 is 14.9. The van der Waals surface area contributed by atoms with Crippen molar-refractivity contribution in [1.29, 1.82) is 0 Å². The Labute approximate surface area is 156 Å². The summed E-state index contributed by atoms with van der Waals surface area (Å²) in [5, 5.41) is 13.2. The number of aryl methyl sites for hydroxylation is 1. The summed E-state index contributed by atoms with van der Waals surface area (Å²) in [4.78, 5) is 28.5. The predicted octanol–water partition coefficient (Wildman–Crippen LogP) is 1.12. The third-order valence-corrected chi connectivity index (χ3v) is 4.49. The molecular weight excluding hydrogens is 354 g/mol. The number of nitrogens with zero attached hydrogens (tertiary/aromatic N) is 3. The predicted molar refractivity (Wildman–Crippen MR) is 91.3 cm³/mol. The fourth-order valence-corrected chi connectivity index (χ4v) is 3.09. The van der Waals surface area contributed by atoms with Gasteiger partial charge in [0.05, 0.1) is 6.54 Å². The number of carbonyl (C=O) groups excluding carboxylic acids is 2. The molecule has 0 unspecified atom stereocenters. The average Bonchev–Trinajstić information content (AvgIpc) is 3.29. The van der Waals surface area contributed by atoms with Crippen LogP contribution in [-0.2, 0) is 22.7 Å². The molecule has 2 heterocycles. The first-order valence-electron chi connectivity index (χ1n) is 8.87. The zero-order valence-electron chi connectivity index (χ0n) is 15.4. The molecule has 1 saturated carbocycles. The summed E-state index contributed by atoms with van der Waals surface area (Å²) in [6.45, 7) is 2.19. The van der Waals surface area contributed by atoms with Crippen LogP contribution in [0.4, 0.5) is 0 Å². The number of methoxy groups -OCH3 is 1. The minimum atomic E-state index is -0.247. The van der Waals surface area contributed by atoms with Gasteiger partial charge < -0.3 is 24.4 Å². The van der Waals surface area contributed by atoms with Gasteiger partial charge in [0, 0.05) is 25.1 Å². The van der Waals surface area contributed by atoms with Crippen molar-refractivity contribution in [1.82, 2.24) is 25.9 Å². The van der Waals surface area contributed by atoms with E-state index in [4.69, 9.17) is 13.8 Å². The van der Waals surface area contributed by atoms with Crippen molar-refractivity contribution >= 4 is 11.8 Å². The zero-order chi connectivity index (χ0) is 19.2. The second-order valence-corrected chi connectivity index (χ2v) is 6.60. The minimum absolute atomic E-state index is 0.0334. The summed E-state index contributed by atoms with van der Waals surface area (Å²) in [5.41, 5.74) is 0.278. The standard InChI is InChI=1S/C17H23N5O5/c1-10-7-13(21-26-10)17(24)19-12-5-3-11(4-6-12)16(23)18-8-15-20-14(9-25-2)22-27-15/h7,11-12H,3-6,8-9H2,1-2H3,(H,18,23)(H,19,24). The maximum Gasteiger partial charge on any atom is 0.273 e. The van der Waals surface area contributed by atoms with E-state index in [0.717, 1.165) is 12.8 Å². The van der Waals surface area contributed by atoms with E-state index < -0.39 is 0 Å². The van der Waals surface area contributed by atoms with Crippen LogP contribution in [0.25, 0.3) is 0 Å². The molecule has 10 heteroatoms. The Balaban J connectivity index is 1.40. The lowest BCUT2D eigenvalue weighted by molar-refractivity contribution is -0.126. The molecule has 0 aromatic carbocycles. The SMILES string of the molecule is COCc1noc(CNC(=O)C2CCC(NC(=O)c3cc(C)on3)CC2)n1. The summed E-state index contributed by atoms with van der Waals surface area (Å²) >= 11 is 0. The zero-order valence-corrected chi connectivity index (χ0v) is 15.4. The summed E-state index contributed by atoms with van der Waals surface area (Å²) in [7, 11) is 1.54. The lowest BCUT2D eigenvalue weighted by Crippen LogP contribution is -2.40. The minimum Gasteiger partial charge on any atom is -0.377 e. The molecule has 2 amide bonds. The number of rotatable bonds is 7. The molecule has 0 aliphatic heterocycles. The number of aromatic nitrogens is 3. The van der Waals surface area contributed by atoms with Gasteiger partial charge in [-0.25, -0.2) is 0 Å². The van der Waals surface area contributed by atoms with E-state index in [1.807, 2.05) is 0 Å². The normalized spacial score (nSPS) is 19.6. The Kier molecular flexibility index (Phi) is 6.17. The number of ether oxygens (including phenoxy) is 1. The molecule has 0 saturated heterocycles. The first-order valence-corrected chi connectivity index (χ1v) is 8.87. The molecule has 0 bridgehead atoms. The Bertz CT molecular complexity index is 778. The Morgan fingerprint density at radius 2 is 2.00 bits per heavy atom. The molecule has 2 aromatic rings. The van der Waals surface area contributed by atoms with Gasteiger partial charge in [-0.2, -0.15) is 4.98 Å². The van der Waals surface area contributed by atoms with Crippen LogP contribution in [0, 0.1) is 12.8 Å². The fourth-order valence-electron chi connectivity index (χ4n) is 3.09. The van der Waals surface area contributed by atoms with Gasteiger partial charge >= 0.3 is 0 Å². The van der Waals surface area contributed by atoms with Crippen LogP contribution >= 0.6 is 0 Å². The molecule has 0 spiro atoms. The first kappa shape index (κ1) is 19.0. The average molecular weight is 377 g/mol. The van der Waals surface area contributed by atoms with E-state index in [9.17, 15) is 9.59 Å². The van der Waals surface area contributed by atoms with Gasteiger partial charge in [0.2, 0.25) is 11.8 Å². The van der Waals surface area contributed by atoms with Gasteiger partial charge in [-0.05, 0) is 32.6 Å². The highest BCUT2D eigenvalue weighted by Gasteiger charge is 2.28. The first-order chi connectivity index (χ1) is 13.0. The Morgan fingerprint density at radius 1 is 1.22 bits per heavy atom. The highest BCUT2D eigenvalue weighted by Crippen LogP contribution is 2.24. The van der Waals surface area contributed by atoms with Crippen LogP contribution in [0.2, 0.25) is 0 Å².